The van der Waals surface area contributed by atoms with Crippen molar-refractivity contribution in [2.75, 3.05) is 32.8 Å². The Morgan fingerprint density at radius 1 is 1.47 bits per heavy atom. The van der Waals surface area contributed by atoms with E-state index in [4.69, 9.17) is 4.74 Å². The molecule has 1 aliphatic heterocycles. The van der Waals surface area contributed by atoms with Gasteiger partial charge < -0.3 is 10.1 Å². The van der Waals surface area contributed by atoms with Crippen molar-refractivity contribution in [2.24, 2.45) is 5.92 Å². The smallest absolute Gasteiger partial charge is 0.223 e. The van der Waals surface area contributed by atoms with Crippen molar-refractivity contribution in [2.45, 2.75) is 25.8 Å². The predicted molar refractivity (Wildman–Crippen MR) is 57.6 cm³/mol. The highest BCUT2D eigenvalue weighted by atomic mass is 16.5. The van der Waals surface area contributed by atoms with Crippen LogP contribution >= 0.6 is 0 Å². The minimum atomic E-state index is 0.246. The average Bonchev–Trinajstić information content (AvgIpc) is 3.01. The molecule has 0 aromatic rings. The summed E-state index contributed by atoms with van der Waals surface area (Å²) in [4.78, 5) is 13.9. The number of carbonyl (C=O) groups is 1. The standard InChI is InChI=1S/C11H20N2O2/c1-9(12-11(14)10-2-3-10)8-13-4-6-15-7-5-13/h9-10H,2-8H2,1H3,(H,12,14). The predicted octanol–water partition coefficient (Wildman–Crippen LogP) is 0.233. The second-order valence-electron chi connectivity index (χ2n) is 4.60. The third-order valence-corrected chi connectivity index (χ3v) is 2.97. The molecular formula is C11H20N2O2. The lowest BCUT2D eigenvalue weighted by Crippen LogP contribution is -2.46. The van der Waals surface area contributed by atoms with Gasteiger partial charge in [-0.3, -0.25) is 9.69 Å². The second-order valence-corrected chi connectivity index (χ2v) is 4.60. The molecule has 1 amide bonds. The van der Waals surface area contributed by atoms with Crippen LogP contribution in [0.25, 0.3) is 0 Å². The Balaban J connectivity index is 1.66. The van der Waals surface area contributed by atoms with Crippen molar-refractivity contribution < 1.29 is 9.53 Å². The molecule has 1 saturated heterocycles. The van der Waals surface area contributed by atoms with Crippen LogP contribution in [0, 0.1) is 5.92 Å². The van der Waals surface area contributed by atoms with Gasteiger partial charge in [-0.25, -0.2) is 0 Å². The lowest BCUT2D eigenvalue weighted by Gasteiger charge is -2.29. The third kappa shape index (κ3) is 3.47. The first kappa shape index (κ1) is 10.9. The number of hydrogen-bond acceptors (Lipinski definition) is 3. The van der Waals surface area contributed by atoms with Crippen molar-refractivity contribution in [1.82, 2.24) is 10.2 Å². The Morgan fingerprint density at radius 3 is 2.73 bits per heavy atom. The molecule has 1 heterocycles. The van der Waals surface area contributed by atoms with Gasteiger partial charge >= 0.3 is 0 Å². The lowest BCUT2D eigenvalue weighted by molar-refractivity contribution is -0.123. The molecule has 4 heteroatoms. The highest BCUT2D eigenvalue weighted by Gasteiger charge is 2.30. The van der Waals surface area contributed by atoms with E-state index < -0.39 is 0 Å². The van der Waals surface area contributed by atoms with E-state index >= 15 is 0 Å². The van der Waals surface area contributed by atoms with Gasteiger partial charge in [-0.05, 0) is 19.8 Å². The van der Waals surface area contributed by atoms with Gasteiger partial charge in [0.05, 0.1) is 13.2 Å². The molecule has 0 radical (unpaired) electrons. The molecule has 0 aromatic heterocycles. The van der Waals surface area contributed by atoms with Crippen LogP contribution in [0.3, 0.4) is 0 Å². The highest BCUT2D eigenvalue weighted by molar-refractivity contribution is 5.81. The van der Waals surface area contributed by atoms with Crippen LogP contribution in [0.1, 0.15) is 19.8 Å². The minimum absolute atomic E-state index is 0.246. The maximum atomic E-state index is 11.5. The summed E-state index contributed by atoms with van der Waals surface area (Å²) in [7, 11) is 0. The van der Waals surface area contributed by atoms with E-state index in [1.807, 2.05) is 0 Å². The summed E-state index contributed by atoms with van der Waals surface area (Å²) in [6.07, 6.45) is 2.16. The van der Waals surface area contributed by atoms with Gasteiger partial charge in [-0.1, -0.05) is 0 Å². The first-order valence-corrected chi connectivity index (χ1v) is 5.86. The quantitative estimate of drug-likeness (QED) is 0.725. The zero-order valence-corrected chi connectivity index (χ0v) is 9.37. The van der Waals surface area contributed by atoms with E-state index in [1.165, 1.54) is 0 Å². The van der Waals surface area contributed by atoms with E-state index in [0.717, 1.165) is 45.7 Å². The van der Waals surface area contributed by atoms with Gasteiger partial charge in [0.25, 0.3) is 0 Å². The maximum Gasteiger partial charge on any atom is 0.223 e. The molecule has 0 spiro atoms. The van der Waals surface area contributed by atoms with Gasteiger partial charge in [-0.2, -0.15) is 0 Å². The second kappa shape index (κ2) is 4.94. The largest absolute Gasteiger partial charge is 0.379 e. The van der Waals surface area contributed by atoms with E-state index in [-0.39, 0.29) is 11.9 Å². The molecule has 2 aliphatic rings. The maximum absolute atomic E-state index is 11.5. The number of morpholine rings is 1. The van der Waals surface area contributed by atoms with Crippen LogP contribution in [-0.2, 0) is 9.53 Å². The summed E-state index contributed by atoms with van der Waals surface area (Å²) in [6, 6.07) is 0.260. The fourth-order valence-electron chi connectivity index (χ4n) is 1.92. The first-order chi connectivity index (χ1) is 7.25. The first-order valence-electron chi connectivity index (χ1n) is 5.86. The van der Waals surface area contributed by atoms with Crippen LogP contribution < -0.4 is 5.32 Å². The summed E-state index contributed by atoms with van der Waals surface area (Å²) in [5, 5.41) is 3.07. The van der Waals surface area contributed by atoms with Gasteiger partial charge in [0.15, 0.2) is 0 Å². The number of nitrogens with zero attached hydrogens (tertiary/aromatic N) is 1. The third-order valence-electron chi connectivity index (χ3n) is 2.97. The van der Waals surface area contributed by atoms with Crippen molar-refractivity contribution in [3.8, 4) is 0 Å². The number of carbonyl (C=O) groups excluding carboxylic acids is 1. The number of ether oxygens (including phenoxy) is 1. The summed E-state index contributed by atoms with van der Waals surface area (Å²) in [6.45, 7) is 6.65. The van der Waals surface area contributed by atoms with Crippen molar-refractivity contribution >= 4 is 5.91 Å². The number of hydrogen-bond donors (Lipinski definition) is 1. The Hall–Kier alpha value is -0.610. The molecule has 0 aromatic carbocycles. The average molecular weight is 212 g/mol. The van der Waals surface area contributed by atoms with E-state index in [2.05, 4.69) is 17.1 Å². The van der Waals surface area contributed by atoms with Crippen molar-refractivity contribution in [3.05, 3.63) is 0 Å². The SMILES string of the molecule is CC(CN1CCOCC1)NC(=O)C1CC1. The Kier molecular flexibility index (Phi) is 3.59. The molecule has 15 heavy (non-hydrogen) atoms. The van der Waals surface area contributed by atoms with Crippen molar-refractivity contribution in [1.29, 1.82) is 0 Å². The van der Waals surface area contributed by atoms with Crippen LogP contribution in [0.4, 0.5) is 0 Å². The minimum Gasteiger partial charge on any atom is -0.379 e. The molecule has 4 nitrogen and oxygen atoms in total. The zero-order valence-electron chi connectivity index (χ0n) is 9.37. The normalized spacial score (nSPS) is 24.9. The fraction of sp³-hybridized carbons (Fsp3) is 0.909. The van der Waals surface area contributed by atoms with E-state index in [1.54, 1.807) is 0 Å². The Morgan fingerprint density at radius 2 is 2.13 bits per heavy atom. The van der Waals surface area contributed by atoms with Crippen LogP contribution in [-0.4, -0.2) is 49.7 Å². The van der Waals surface area contributed by atoms with Gasteiger partial charge in [0.2, 0.25) is 5.91 Å². The topological polar surface area (TPSA) is 41.6 Å². The van der Waals surface area contributed by atoms with E-state index in [9.17, 15) is 4.79 Å². The fourth-order valence-corrected chi connectivity index (χ4v) is 1.92. The molecule has 1 atom stereocenters. The van der Waals surface area contributed by atoms with Crippen LogP contribution in [0.2, 0.25) is 0 Å². The van der Waals surface area contributed by atoms with E-state index in [0.29, 0.717) is 5.92 Å². The summed E-state index contributed by atoms with van der Waals surface area (Å²) < 4.78 is 5.28. The molecule has 1 aliphatic carbocycles. The molecular weight excluding hydrogens is 192 g/mol. The van der Waals surface area contributed by atoms with Gasteiger partial charge in [0, 0.05) is 31.6 Å². The Bertz CT molecular complexity index is 223. The molecule has 1 unspecified atom stereocenters. The molecule has 2 fully saturated rings. The van der Waals surface area contributed by atoms with Crippen LogP contribution in [0.15, 0.2) is 0 Å². The molecule has 0 bridgehead atoms. The molecule has 1 N–H and O–H groups in total. The van der Waals surface area contributed by atoms with Crippen molar-refractivity contribution in [3.63, 3.8) is 0 Å². The summed E-state index contributed by atoms with van der Waals surface area (Å²) in [5.41, 5.74) is 0. The Labute approximate surface area is 91.0 Å². The molecule has 86 valence electrons. The summed E-state index contributed by atoms with van der Waals surface area (Å²) >= 11 is 0. The highest BCUT2D eigenvalue weighted by Crippen LogP contribution is 2.28. The monoisotopic (exact) mass is 212 g/mol. The molecule has 2 rings (SSSR count). The van der Waals surface area contributed by atoms with Gasteiger partial charge in [-0.15, -0.1) is 0 Å². The number of rotatable bonds is 4. The van der Waals surface area contributed by atoms with Gasteiger partial charge in [0.1, 0.15) is 0 Å². The lowest BCUT2D eigenvalue weighted by atomic mass is 10.2. The molecule has 1 saturated carbocycles. The number of nitrogens with one attached hydrogen (secondary N) is 1. The van der Waals surface area contributed by atoms with Crippen LogP contribution in [0.5, 0.6) is 0 Å². The number of amides is 1. The summed E-state index contributed by atoms with van der Waals surface area (Å²) in [5.74, 6) is 0.563. The zero-order chi connectivity index (χ0) is 10.7.